The molecule has 0 radical (unpaired) electrons. The molecule has 0 fully saturated rings. The van der Waals surface area contributed by atoms with Gasteiger partial charge in [-0.05, 0) is 49.7 Å². The van der Waals surface area contributed by atoms with E-state index in [0.717, 1.165) is 27.9 Å². The third kappa shape index (κ3) is 5.60. The average molecular weight is 440 g/mol. The van der Waals surface area contributed by atoms with E-state index in [4.69, 9.17) is 16.3 Å². The maximum atomic E-state index is 11.8. The summed E-state index contributed by atoms with van der Waals surface area (Å²) in [6, 6.07) is 11.2. The van der Waals surface area contributed by atoms with Crippen molar-refractivity contribution in [2.24, 2.45) is 0 Å². The normalized spacial score (nSPS) is 11.5. The summed E-state index contributed by atoms with van der Waals surface area (Å²) in [7, 11) is 0. The molecular weight excluding hydrogens is 414 g/mol. The van der Waals surface area contributed by atoms with Gasteiger partial charge in [-0.3, -0.25) is 15.3 Å². The van der Waals surface area contributed by atoms with Crippen molar-refractivity contribution in [2.45, 2.75) is 39.2 Å². The molecule has 162 valence electrons. The van der Waals surface area contributed by atoms with Gasteiger partial charge in [0.15, 0.2) is 0 Å². The summed E-state index contributed by atoms with van der Waals surface area (Å²) in [6.45, 7) is 7.46. The predicted molar refractivity (Wildman–Crippen MR) is 123 cm³/mol. The third-order valence-corrected chi connectivity index (χ3v) is 5.10. The Kier molecular flexibility index (Phi) is 6.93. The monoisotopic (exact) mass is 439 g/mol. The van der Waals surface area contributed by atoms with Crippen LogP contribution >= 0.6 is 11.6 Å². The second-order valence-corrected chi connectivity index (χ2v) is 8.61. The summed E-state index contributed by atoms with van der Waals surface area (Å²) in [5.41, 5.74) is 4.42. The number of carbonyl (C=O) groups is 1. The lowest BCUT2D eigenvalue weighted by atomic mass is 9.88. The number of halogens is 1. The molecule has 0 bridgehead atoms. The first-order valence-electron chi connectivity index (χ1n) is 10.00. The standard InChI is InChI=1S/C24H26ClN3O3/c1-15(2)31-23(30)28-19-5-6-20(21(25)11-19)18-9-17(12-26-13-18)16-7-8-27-22(10-16)24(3,4)14-29/h5-13,15,29H,14H2,1-4H3,(H,28,30). The molecule has 0 saturated heterocycles. The Morgan fingerprint density at radius 3 is 2.55 bits per heavy atom. The topological polar surface area (TPSA) is 84.3 Å². The number of aromatic nitrogens is 2. The largest absolute Gasteiger partial charge is 0.447 e. The minimum absolute atomic E-state index is 0.00243. The van der Waals surface area contributed by atoms with Gasteiger partial charge in [0.2, 0.25) is 0 Å². The number of rotatable bonds is 6. The summed E-state index contributed by atoms with van der Waals surface area (Å²) >= 11 is 6.50. The van der Waals surface area contributed by atoms with Crippen molar-refractivity contribution >= 4 is 23.4 Å². The lowest BCUT2D eigenvalue weighted by Gasteiger charge is -2.21. The molecule has 2 heterocycles. The van der Waals surface area contributed by atoms with Gasteiger partial charge in [-0.15, -0.1) is 0 Å². The van der Waals surface area contributed by atoms with E-state index in [1.807, 2.05) is 38.1 Å². The van der Waals surface area contributed by atoms with E-state index < -0.39 is 11.5 Å². The Labute approximate surface area is 187 Å². The van der Waals surface area contributed by atoms with E-state index in [-0.39, 0.29) is 12.7 Å². The molecule has 2 aromatic heterocycles. The molecule has 6 nitrogen and oxygen atoms in total. The van der Waals surface area contributed by atoms with Gasteiger partial charge in [0.25, 0.3) is 0 Å². The molecule has 0 aliphatic heterocycles. The number of anilines is 1. The number of ether oxygens (including phenoxy) is 1. The highest BCUT2D eigenvalue weighted by Crippen LogP contribution is 2.33. The Morgan fingerprint density at radius 2 is 1.87 bits per heavy atom. The quantitative estimate of drug-likeness (QED) is 0.515. The number of pyridine rings is 2. The average Bonchev–Trinajstić information content (AvgIpc) is 2.73. The van der Waals surface area contributed by atoms with Gasteiger partial charge in [0.05, 0.1) is 17.7 Å². The highest BCUT2D eigenvalue weighted by molar-refractivity contribution is 6.33. The van der Waals surface area contributed by atoms with Crippen molar-refractivity contribution in [3.63, 3.8) is 0 Å². The Morgan fingerprint density at radius 1 is 1.13 bits per heavy atom. The van der Waals surface area contributed by atoms with Crippen molar-refractivity contribution in [1.29, 1.82) is 0 Å². The van der Waals surface area contributed by atoms with Crippen LogP contribution in [0.4, 0.5) is 10.5 Å². The second kappa shape index (κ2) is 9.45. The van der Waals surface area contributed by atoms with Crippen LogP contribution in [0.2, 0.25) is 5.02 Å². The van der Waals surface area contributed by atoms with Gasteiger partial charge in [0.1, 0.15) is 0 Å². The molecule has 0 aliphatic carbocycles. The summed E-state index contributed by atoms with van der Waals surface area (Å²) in [4.78, 5) is 20.6. The zero-order chi connectivity index (χ0) is 22.6. The van der Waals surface area contributed by atoms with Crippen molar-refractivity contribution in [3.8, 4) is 22.3 Å². The van der Waals surface area contributed by atoms with Crippen LogP contribution in [0.15, 0.2) is 55.0 Å². The van der Waals surface area contributed by atoms with E-state index in [1.165, 1.54) is 0 Å². The van der Waals surface area contributed by atoms with Crippen LogP contribution in [0.1, 0.15) is 33.4 Å². The van der Waals surface area contributed by atoms with Crippen LogP contribution < -0.4 is 5.32 Å². The number of carbonyl (C=O) groups excluding carboxylic acids is 1. The molecule has 7 heteroatoms. The van der Waals surface area contributed by atoms with Gasteiger partial charge >= 0.3 is 6.09 Å². The smallest absolute Gasteiger partial charge is 0.411 e. The van der Waals surface area contributed by atoms with Gasteiger partial charge in [-0.2, -0.15) is 0 Å². The molecule has 3 aromatic rings. The number of hydrogen-bond acceptors (Lipinski definition) is 5. The molecule has 0 spiro atoms. The fourth-order valence-corrected chi connectivity index (χ4v) is 3.28. The number of aliphatic hydroxyl groups is 1. The van der Waals surface area contributed by atoms with E-state index in [9.17, 15) is 9.90 Å². The van der Waals surface area contributed by atoms with Crippen molar-refractivity contribution < 1.29 is 14.6 Å². The number of amides is 1. The minimum atomic E-state index is -0.526. The molecule has 0 atom stereocenters. The zero-order valence-corrected chi connectivity index (χ0v) is 18.8. The lowest BCUT2D eigenvalue weighted by Crippen LogP contribution is -2.23. The fourth-order valence-electron chi connectivity index (χ4n) is 2.99. The van der Waals surface area contributed by atoms with E-state index >= 15 is 0 Å². The van der Waals surface area contributed by atoms with Crippen molar-refractivity contribution in [3.05, 3.63) is 65.7 Å². The van der Waals surface area contributed by atoms with Gasteiger partial charge in [-0.25, -0.2) is 4.79 Å². The summed E-state index contributed by atoms with van der Waals surface area (Å²) in [6.07, 6.45) is 4.52. The first kappa shape index (κ1) is 22.7. The summed E-state index contributed by atoms with van der Waals surface area (Å²) in [5.74, 6) is 0. The Bertz CT molecular complexity index is 1080. The molecule has 2 N–H and O–H groups in total. The van der Waals surface area contributed by atoms with Gasteiger partial charge in [0, 0.05) is 52.1 Å². The minimum Gasteiger partial charge on any atom is -0.447 e. The SMILES string of the molecule is CC(C)OC(=O)Nc1ccc(-c2cncc(-c3ccnc(C(C)(C)CO)c3)c2)c(Cl)c1. The number of benzene rings is 1. The maximum Gasteiger partial charge on any atom is 0.411 e. The first-order chi connectivity index (χ1) is 14.7. The van der Waals surface area contributed by atoms with Crippen LogP contribution in [0.5, 0.6) is 0 Å². The highest BCUT2D eigenvalue weighted by atomic mass is 35.5. The van der Waals surface area contributed by atoms with Crippen LogP contribution in [0, 0.1) is 0 Å². The van der Waals surface area contributed by atoms with Crippen LogP contribution in [-0.2, 0) is 10.2 Å². The maximum absolute atomic E-state index is 11.8. The summed E-state index contributed by atoms with van der Waals surface area (Å²) in [5, 5.41) is 12.8. The second-order valence-electron chi connectivity index (χ2n) is 8.21. The molecule has 1 amide bonds. The Balaban J connectivity index is 1.89. The number of nitrogens with zero attached hydrogens (tertiary/aromatic N) is 2. The molecule has 3 rings (SSSR count). The molecule has 31 heavy (non-hydrogen) atoms. The first-order valence-corrected chi connectivity index (χ1v) is 10.4. The van der Waals surface area contributed by atoms with Crippen molar-refractivity contribution in [2.75, 3.05) is 11.9 Å². The van der Waals surface area contributed by atoms with E-state index in [0.29, 0.717) is 10.7 Å². The van der Waals surface area contributed by atoms with E-state index in [2.05, 4.69) is 15.3 Å². The lowest BCUT2D eigenvalue weighted by molar-refractivity contribution is 0.130. The zero-order valence-electron chi connectivity index (χ0n) is 18.0. The molecule has 0 unspecified atom stereocenters. The van der Waals surface area contributed by atoms with Gasteiger partial charge in [-0.1, -0.05) is 31.5 Å². The van der Waals surface area contributed by atoms with Crippen LogP contribution in [-0.4, -0.2) is 33.9 Å². The number of hydrogen-bond donors (Lipinski definition) is 2. The van der Waals surface area contributed by atoms with Gasteiger partial charge < -0.3 is 9.84 Å². The number of aliphatic hydroxyl groups excluding tert-OH is 1. The third-order valence-electron chi connectivity index (χ3n) is 4.79. The Hall–Kier alpha value is -2.96. The van der Waals surface area contributed by atoms with Crippen LogP contribution in [0.25, 0.3) is 22.3 Å². The predicted octanol–water partition coefficient (Wildman–Crippen LogP) is 5.69. The van der Waals surface area contributed by atoms with E-state index in [1.54, 1.807) is 44.6 Å². The molecular formula is C24H26ClN3O3. The van der Waals surface area contributed by atoms with Crippen molar-refractivity contribution in [1.82, 2.24) is 9.97 Å². The molecule has 0 aliphatic rings. The summed E-state index contributed by atoms with van der Waals surface area (Å²) < 4.78 is 5.09. The highest BCUT2D eigenvalue weighted by Gasteiger charge is 2.21. The van der Waals surface area contributed by atoms with Crippen LogP contribution in [0.3, 0.4) is 0 Å². The fraction of sp³-hybridized carbons (Fsp3) is 0.292. The molecule has 1 aromatic carbocycles. The number of nitrogens with one attached hydrogen (secondary N) is 1. The molecule has 0 saturated carbocycles.